The quantitative estimate of drug-likeness (QED) is 0.121. The molecular formula is C60H38. The summed E-state index contributed by atoms with van der Waals surface area (Å²) in [5, 5.41) is 15.2. The van der Waals surface area contributed by atoms with E-state index in [1.807, 2.05) is 0 Å². The molecule has 0 unspecified atom stereocenters. The van der Waals surface area contributed by atoms with E-state index in [1.165, 1.54) is 120 Å². The summed E-state index contributed by atoms with van der Waals surface area (Å²) in [5.41, 5.74) is 12.2. The molecule has 0 heteroatoms. The fourth-order valence-corrected chi connectivity index (χ4v) is 9.84. The van der Waals surface area contributed by atoms with Crippen LogP contribution in [0.25, 0.3) is 120 Å². The molecule has 0 atom stereocenters. The van der Waals surface area contributed by atoms with Crippen LogP contribution in [0.3, 0.4) is 0 Å². The van der Waals surface area contributed by atoms with Crippen LogP contribution in [0.2, 0.25) is 0 Å². The van der Waals surface area contributed by atoms with Crippen LogP contribution in [0.4, 0.5) is 0 Å². The Bertz CT molecular complexity index is 3560. The van der Waals surface area contributed by atoms with Crippen molar-refractivity contribution in [1.29, 1.82) is 0 Å². The molecule has 0 aliphatic carbocycles. The zero-order valence-corrected chi connectivity index (χ0v) is 32.9. The highest BCUT2D eigenvalue weighted by Gasteiger charge is 2.20. The van der Waals surface area contributed by atoms with Crippen LogP contribution < -0.4 is 0 Å². The average molecular weight is 759 g/mol. The second-order valence-corrected chi connectivity index (χ2v) is 16.0. The van der Waals surface area contributed by atoms with Crippen LogP contribution in [0, 0.1) is 0 Å². The fraction of sp³-hybridized carbons (Fsp3) is 0. The van der Waals surface area contributed by atoms with Crippen molar-refractivity contribution in [3.05, 3.63) is 231 Å². The molecule has 278 valence electrons. The van der Waals surface area contributed by atoms with Gasteiger partial charge in [0.15, 0.2) is 0 Å². The van der Waals surface area contributed by atoms with Gasteiger partial charge in [-0.2, -0.15) is 0 Å². The number of benzene rings is 12. The Labute approximate surface area is 349 Å². The van der Waals surface area contributed by atoms with Crippen molar-refractivity contribution >= 4 is 64.6 Å². The van der Waals surface area contributed by atoms with Crippen molar-refractivity contribution in [1.82, 2.24) is 0 Å². The number of rotatable bonds is 5. The Hall–Kier alpha value is -7.80. The molecule has 0 saturated heterocycles. The van der Waals surface area contributed by atoms with Crippen LogP contribution in [0.5, 0.6) is 0 Å². The van der Waals surface area contributed by atoms with Gasteiger partial charge in [-0.1, -0.05) is 206 Å². The summed E-state index contributed by atoms with van der Waals surface area (Å²) in [5.74, 6) is 0. The maximum absolute atomic E-state index is 2.46. The highest BCUT2D eigenvalue weighted by atomic mass is 14.2. The fourth-order valence-electron chi connectivity index (χ4n) is 9.84. The van der Waals surface area contributed by atoms with Gasteiger partial charge in [0, 0.05) is 0 Å². The minimum atomic E-state index is 1.19. The lowest BCUT2D eigenvalue weighted by Gasteiger charge is -2.21. The molecule has 12 rings (SSSR count). The van der Waals surface area contributed by atoms with Crippen molar-refractivity contribution in [2.45, 2.75) is 0 Å². The standard InChI is InChI=1S/C60H38/c1-2-16-40(17-3-1)59-53-25-10-12-27-55(53)60(56-28-13-11-26-54(56)59)58-38-45(44-32-34-52-50-23-7-6-21-48(50)49-22-8-9-24-51(49)57(52)37-44)31-33-47(58)46-20-14-19-42(36-46)43-30-29-39-15-4-5-18-41(39)35-43/h1-38H. The highest BCUT2D eigenvalue weighted by Crippen LogP contribution is 2.48. The van der Waals surface area contributed by atoms with E-state index in [0.29, 0.717) is 0 Å². The van der Waals surface area contributed by atoms with Crippen molar-refractivity contribution in [2.75, 3.05) is 0 Å². The molecular weight excluding hydrogens is 721 g/mol. The van der Waals surface area contributed by atoms with E-state index < -0.39 is 0 Å². The largest absolute Gasteiger partial charge is 0.0622 e. The van der Waals surface area contributed by atoms with Crippen molar-refractivity contribution in [2.24, 2.45) is 0 Å². The van der Waals surface area contributed by atoms with E-state index in [0.717, 1.165) is 0 Å². The zero-order valence-electron chi connectivity index (χ0n) is 32.9. The number of hydrogen-bond acceptors (Lipinski definition) is 0. The van der Waals surface area contributed by atoms with E-state index in [4.69, 9.17) is 0 Å². The van der Waals surface area contributed by atoms with E-state index >= 15 is 0 Å². The first-order valence-electron chi connectivity index (χ1n) is 20.8. The molecule has 0 N–H and O–H groups in total. The van der Waals surface area contributed by atoms with Gasteiger partial charge in [0.2, 0.25) is 0 Å². The zero-order chi connectivity index (χ0) is 39.6. The third kappa shape index (κ3) is 5.53. The number of hydrogen-bond donors (Lipinski definition) is 0. The molecule has 0 amide bonds. The third-order valence-electron chi connectivity index (χ3n) is 12.6. The van der Waals surface area contributed by atoms with Gasteiger partial charge >= 0.3 is 0 Å². The van der Waals surface area contributed by atoms with E-state index in [9.17, 15) is 0 Å². The Morgan fingerprint density at radius 2 is 0.600 bits per heavy atom. The summed E-state index contributed by atoms with van der Waals surface area (Å²) in [4.78, 5) is 0. The lowest BCUT2D eigenvalue weighted by Crippen LogP contribution is -1.94. The van der Waals surface area contributed by atoms with Crippen LogP contribution >= 0.6 is 0 Å². The molecule has 0 aromatic heterocycles. The highest BCUT2D eigenvalue weighted by molar-refractivity contribution is 6.26. The lowest BCUT2D eigenvalue weighted by molar-refractivity contribution is 1.58. The molecule has 0 heterocycles. The van der Waals surface area contributed by atoms with Crippen LogP contribution in [-0.2, 0) is 0 Å². The molecule has 0 aliphatic rings. The van der Waals surface area contributed by atoms with Gasteiger partial charge in [-0.3, -0.25) is 0 Å². The molecule has 0 aliphatic heterocycles. The lowest BCUT2D eigenvalue weighted by atomic mass is 9.82. The minimum absolute atomic E-state index is 1.19. The van der Waals surface area contributed by atoms with Gasteiger partial charge in [0.05, 0.1) is 0 Å². The smallest absolute Gasteiger partial charge is 0.00199 e. The Balaban J connectivity index is 1.14. The van der Waals surface area contributed by atoms with E-state index in [-0.39, 0.29) is 0 Å². The molecule has 0 bridgehead atoms. The minimum Gasteiger partial charge on any atom is -0.0622 e. The molecule has 0 nitrogen and oxygen atoms in total. The normalized spacial score (nSPS) is 11.7. The van der Waals surface area contributed by atoms with Gasteiger partial charge in [0.25, 0.3) is 0 Å². The summed E-state index contributed by atoms with van der Waals surface area (Å²) in [7, 11) is 0. The topological polar surface area (TPSA) is 0 Å². The first-order chi connectivity index (χ1) is 29.8. The summed E-state index contributed by atoms with van der Waals surface area (Å²) in [6.45, 7) is 0. The van der Waals surface area contributed by atoms with Crippen molar-refractivity contribution in [3.63, 3.8) is 0 Å². The maximum atomic E-state index is 2.46. The van der Waals surface area contributed by atoms with Gasteiger partial charge in [0.1, 0.15) is 0 Å². The van der Waals surface area contributed by atoms with Crippen LogP contribution in [-0.4, -0.2) is 0 Å². The Morgan fingerprint density at radius 1 is 0.167 bits per heavy atom. The molecule has 60 heavy (non-hydrogen) atoms. The molecule has 0 saturated carbocycles. The second kappa shape index (κ2) is 13.9. The maximum Gasteiger partial charge on any atom is -0.00199 e. The Morgan fingerprint density at radius 3 is 1.27 bits per heavy atom. The summed E-state index contributed by atoms with van der Waals surface area (Å²) >= 11 is 0. The monoisotopic (exact) mass is 758 g/mol. The Kier molecular flexibility index (Phi) is 7.96. The van der Waals surface area contributed by atoms with Gasteiger partial charge in [-0.15, -0.1) is 0 Å². The SMILES string of the molecule is c1ccc(-c2c3ccccc3c(-c3cc(-c4ccc5c6ccccc6c6ccccc6c5c4)ccc3-c3cccc(-c4ccc5ccccc5c4)c3)c3ccccc23)cc1. The summed E-state index contributed by atoms with van der Waals surface area (Å²) < 4.78 is 0. The summed E-state index contributed by atoms with van der Waals surface area (Å²) in [6.07, 6.45) is 0. The second-order valence-electron chi connectivity index (χ2n) is 16.0. The van der Waals surface area contributed by atoms with Gasteiger partial charge in [-0.25, -0.2) is 0 Å². The summed E-state index contributed by atoms with van der Waals surface area (Å²) in [6, 6.07) is 85.3. The van der Waals surface area contributed by atoms with Crippen molar-refractivity contribution in [3.8, 4) is 55.6 Å². The van der Waals surface area contributed by atoms with E-state index in [2.05, 4.69) is 231 Å². The molecule has 12 aromatic carbocycles. The van der Waals surface area contributed by atoms with E-state index in [1.54, 1.807) is 0 Å². The van der Waals surface area contributed by atoms with Crippen molar-refractivity contribution < 1.29 is 0 Å². The van der Waals surface area contributed by atoms with Crippen LogP contribution in [0.1, 0.15) is 0 Å². The third-order valence-corrected chi connectivity index (χ3v) is 12.6. The van der Waals surface area contributed by atoms with Gasteiger partial charge in [-0.05, 0) is 145 Å². The molecule has 0 spiro atoms. The molecule has 12 aromatic rings. The predicted octanol–water partition coefficient (Wildman–Crippen LogP) is 16.9. The van der Waals surface area contributed by atoms with Gasteiger partial charge < -0.3 is 0 Å². The first-order valence-corrected chi connectivity index (χ1v) is 20.8. The predicted molar refractivity (Wildman–Crippen MR) is 259 cm³/mol. The average Bonchev–Trinajstić information content (AvgIpc) is 3.33. The number of fused-ring (bicyclic) bond motifs is 9. The molecule has 0 fully saturated rings. The first kappa shape index (κ1) is 34.3. The molecule has 0 radical (unpaired) electrons. The van der Waals surface area contributed by atoms with Crippen LogP contribution in [0.15, 0.2) is 231 Å².